The van der Waals surface area contributed by atoms with Gasteiger partial charge in [0.25, 0.3) is 5.91 Å². The highest BCUT2D eigenvalue weighted by Gasteiger charge is 2.43. The van der Waals surface area contributed by atoms with E-state index in [1.165, 1.54) is 17.0 Å². The SMILES string of the molecule is CN1CCN(C2CC(=O)N(c3ccc(O)cc3)C2=O)CC1. The maximum atomic E-state index is 12.6. The number of piperazine rings is 1. The topological polar surface area (TPSA) is 64.1 Å². The molecule has 1 aromatic rings. The summed E-state index contributed by atoms with van der Waals surface area (Å²) in [7, 11) is 2.06. The molecule has 2 aliphatic heterocycles. The maximum absolute atomic E-state index is 12.6. The van der Waals surface area contributed by atoms with Crippen LogP contribution in [0.2, 0.25) is 0 Å². The van der Waals surface area contributed by atoms with Crippen LogP contribution in [0.3, 0.4) is 0 Å². The molecular formula is C15H19N3O3. The van der Waals surface area contributed by atoms with Crippen LogP contribution in [0.4, 0.5) is 5.69 Å². The number of amides is 2. The molecule has 0 aromatic heterocycles. The minimum absolute atomic E-state index is 0.119. The molecule has 6 nitrogen and oxygen atoms in total. The molecular weight excluding hydrogens is 270 g/mol. The molecule has 2 saturated heterocycles. The van der Waals surface area contributed by atoms with E-state index in [0.717, 1.165) is 26.2 Å². The molecule has 1 unspecified atom stereocenters. The van der Waals surface area contributed by atoms with E-state index in [2.05, 4.69) is 16.8 Å². The van der Waals surface area contributed by atoms with Gasteiger partial charge in [-0.25, -0.2) is 4.90 Å². The number of phenolic OH excluding ortho intramolecular Hbond substituents is 1. The number of hydrogen-bond acceptors (Lipinski definition) is 5. The van der Waals surface area contributed by atoms with Gasteiger partial charge in [0.2, 0.25) is 5.91 Å². The lowest BCUT2D eigenvalue weighted by Gasteiger charge is -2.35. The average Bonchev–Trinajstić information content (AvgIpc) is 2.76. The Hall–Kier alpha value is -1.92. The number of hydrogen-bond donors (Lipinski definition) is 1. The highest BCUT2D eigenvalue weighted by molar-refractivity contribution is 6.22. The van der Waals surface area contributed by atoms with Crippen molar-refractivity contribution in [1.29, 1.82) is 0 Å². The monoisotopic (exact) mass is 289 g/mol. The lowest BCUT2D eigenvalue weighted by Crippen LogP contribution is -2.51. The number of carbonyl (C=O) groups is 2. The molecule has 2 fully saturated rings. The van der Waals surface area contributed by atoms with Crippen LogP contribution >= 0.6 is 0 Å². The largest absolute Gasteiger partial charge is 0.508 e. The Balaban J connectivity index is 1.77. The van der Waals surface area contributed by atoms with Crippen LogP contribution < -0.4 is 4.90 Å². The Morgan fingerprint density at radius 1 is 1.05 bits per heavy atom. The van der Waals surface area contributed by atoms with Crippen molar-refractivity contribution in [3.8, 4) is 5.75 Å². The van der Waals surface area contributed by atoms with Crippen molar-refractivity contribution in [3.05, 3.63) is 24.3 Å². The van der Waals surface area contributed by atoms with Crippen molar-refractivity contribution in [2.75, 3.05) is 38.1 Å². The van der Waals surface area contributed by atoms with Gasteiger partial charge in [-0.05, 0) is 31.3 Å². The van der Waals surface area contributed by atoms with Gasteiger partial charge in [0.05, 0.1) is 18.2 Å². The van der Waals surface area contributed by atoms with E-state index in [-0.39, 0.29) is 30.0 Å². The molecule has 0 bridgehead atoms. The number of carbonyl (C=O) groups excluding carboxylic acids is 2. The Morgan fingerprint density at radius 3 is 2.29 bits per heavy atom. The molecule has 3 rings (SSSR count). The lowest BCUT2D eigenvalue weighted by atomic mass is 10.2. The van der Waals surface area contributed by atoms with Gasteiger partial charge in [0, 0.05) is 26.2 Å². The zero-order valence-electron chi connectivity index (χ0n) is 12.0. The van der Waals surface area contributed by atoms with E-state index in [4.69, 9.17) is 0 Å². The third-order valence-electron chi connectivity index (χ3n) is 4.21. The van der Waals surface area contributed by atoms with Gasteiger partial charge in [-0.3, -0.25) is 14.5 Å². The summed E-state index contributed by atoms with van der Waals surface area (Å²) < 4.78 is 0. The van der Waals surface area contributed by atoms with Crippen molar-refractivity contribution < 1.29 is 14.7 Å². The van der Waals surface area contributed by atoms with Crippen LogP contribution in [0.15, 0.2) is 24.3 Å². The van der Waals surface area contributed by atoms with E-state index >= 15 is 0 Å². The van der Waals surface area contributed by atoms with Crippen LogP contribution in [-0.4, -0.2) is 66.0 Å². The number of benzene rings is 1. The predicted octanol–water partition coefficient (Wildman–Crippen LogP) is 0.271. The van der Waals surface area contributed by atoms with E-state index in [1.807, 2.05) is 0 Å². The first-order chi connectivity index (χ1) is 10.1. The minimum Gasteiger partial charge on any atom is -0.508 e. The van der Waals surface area contributed by atoms with E-state index in [9.17, 15) is 14.7 Å². The fourth-order valence-electron chi connectivity index (χ4n) is 2.91. The Bertz CT molecular complexity index is 550. The fourth-order valence-corrected chi connectivity index (χ4v) is 2.91. The van der Waals surface area contributed by atoms with E-state index in [0.29, 0.717) is 5.69 Å². The number of nitrogens with zero attached hydrogens (tertiary/aromatic N) is 3. The molecule has 0 saturated carbocycles. The van der Waals surface area contributed by atoms with Gasteiger partial charge in [-0.15, -0.1) is 0 Å². The average molecular weight is 289 g/mol. The molecule has 0 radical (unpaired) electrons. The lowest BCUT2D eigenvalue weighted by molar-refractivity contribution is -0.123. The molecule has 0 spiro atoms. The Labute approximate surface area is 123 Å². The minimum atomic E-state index is -0.347. The van der Waals surface area contributed by atoms with Crippen molar-refractivity contribution in [2.24, 2.45) is 0 Å². The predicted molar refractivity (Wildman–Crippen MR) is 78.1 cm³/mol. The summed E-state index contributed by atoms with van der Waals surface area (Å²) in [4.78, 5) is 30.3. The Morgan fingerprint density at radius 2 is 1.67 bits per heavy atom. The van der Waals surface area contributed by atoms with Gasteiger partial charge >= 0.3 is 0 Å². The second-order valence-electron chi connectivity index (χ2n) is 5.64. The second kappa shape index (κ2) is 5.46. The Kier molecular flexibility index (Phi) is 3.65. The first-order valence-electron chi connectivity index (χ1n) is 7.14. The molecule has 2 heterocycles. The summed E-state index contributed by atoms with van der Waals surface area (Å²) in [5, 5.41) is 9.31. The molecule has 1 N–H and O–H groups in total. The molecule has 6 heteroatoms. The van der Waals surface area contributed by atoms with Crippen LogP contribution in [0.25, 0.3) is 0 Å². The van der Waals surface area contributed by atoms with Gasteiger partial charge < -0.3 is 10.0 Å². The first-order valence-corrected chi connectivity index (χ1v) is 7.14. The molecule has 21 heavy (non-hydrogen) atoms. The summed E-state index contributed by atoms with van der Waals surface area (Å²) in [6.07, 6.45) is 0.240. The van der Waals surface area contributed by atoms with Crippen molar-refractivity contribution in [3.63, 3.8) is 0 Å². The number of rotatable bonds is 2. The number of imide groups is 1. The van der Waals surface area contributed by atoms with E-state index < -0.39 is 0 Å². The maximum Gasteiger partial charge on any atom is 0.251 e. The highest BCUT2D eigenvalue weighted by atomic mass is 16.3. The molecule has 1 atom stereocenters. The summed E-state index contributed by atoms with van der Waals surface area (Å²) in [5.74, 6) is -0.210. The number of likely N-dealkylation sites (N-methyl/N-ethyl adjacent to an activating group) is 1. The fraction of sp³-hybridized carbons (Fsp3) is 0.467. The van der Waals surface area contributed by atoms with Crippen LogP contribution in [0.5, 0.6) is 5.75 Å². The molecule has 2 aliphatic rings. The standard InChI is InChI=1S/C15H19N3O3/c1-16-6-8-17(9-7-16)13-10-14(20)18(15(13)21)11-2-4-12(19)5-3-11/h2-5,13,19H,6-10H2,1H3. The zero-order chi connectivity index (χ0) is 15.0. The highest BCUT2D eigenvalue weighted by Crippen LogP contribution is 2.27. The summed E-state index contributed by atoms with van der Waals surface area (Å²) in [6, 6.07) is 5.81. The first kappa shape index (κ1) is 14.0. The van der Waals surface area contributed by atoms with Gasteiger partial charge in [-0.2, -0.15) is 0 Å². The van der Waals surface area contributed by atoms with Crippen LogP contribution in [-0.2, 0) is 9.59 Å². The van der Waals surface area contributed by atoms with Gasteiger partial charge in [0.15, 0.2) is 0 Å². The number of aromatic hydroxyl groups is 1. The van der Waals surface area contributed by atoms with Gasteiger partial charge in [0.1, 0.15) is 5.75 Å². The summed E-state index contributed by atoms with van der Waals surface area (Å²) in [5.41, 5.74) is 0.527. The molecule has 1 aromatic carbocycles. The van der Waals surface area contributed by atoms with Crippen molar-refractivity contribution in [1.82, 2.24) is 9.80 Å². The number of phenols is 1. The second-order valence-corrected chi connectivity index (χ2v) is 5.64. The quantitative estimate of drug-likeness (QED) is 0.792. The summed E-state index contributed by atoms with van der Waals surface area (Å²) >= 11 is 0. The number of anilines is 1. The third-order valence-corrected chi connectivity index (χ3v) is 4.21. The van der Waals surface area contributed by atoms with Crippen molar-refractivity contribution >= 4 is 17.5 Å². The van der Waals surface area contributed by atoms with Crippen LogP contribution in [0.1, 0.15) is 6.42 Å². The molecule has 2 amide bonds. The smallest absolute Gasteiger partial charge is 0.251 e. The summed E-state index contributed by atoms with van der Waals surface area (Å²) in [6.45, 7) is 3.45. The normalized spacial score (nSPS) is 24.8. The van der Waals surface area contributed by atoms with Crippen molar-refractivity contribution in [2.45, 2.75) is 12.5 Å². The zero-order valence-corrected chi connectivity index (χ0v) is 12.0. The van der Waals surface area contributed by atoms with E-state index in [1.54, 1.807) is 12.1 Å². The molecule has 112 valence electrons. The van der Waals surface area contributed by atoms with Crippen LogP contribution in [0, 0.1) is 0 Å². The van der Waals surface area contributed by atoms with Gasteiger partial charge in [-0.1, -0.05) is 0 Å². The molecule has 0 aliphatic carbocycles. The third kappa shape index (κ3) is 2.64.